The predicted octanol–water partition coefficient (Wildman–Crippen LogP) is 1.18. The Bertz CT molecular complexity index is 238. The van der Waals surface area contributed by atoms with Crippen LogP contribution in [0.1, 0.15) is 32.6 Å². The lowest BCUT2D eigenvalue weighted by Crippen LogP contribution is -2.52. The first-order valence-corrected chi connectivity index (χ1v) is 6.52. The number of amides is 2. The molecule has 0 spiro atoms. The molecule has 2 aliphatic heterocycles. The van der Waals surface area contributed by atoms with Gasteiger partial charge in [-0.2, -0.15) is 0 Å². The molecule has 0 radical (unpaired) electrons. The van der Waals surface area contributed by atoms with Gasteiger partial charge < -0.3 is 15.5 Å². The number of nitrogens with zero attached hydrogens (tertiary/aromatic N) is 1. The van der Waals surface area contributed by atoms with Gasteiger partial charge in [0.25, 0.3) is 0 Å². The van der Waals surface area contributed by atoms with Crippen LogP contribution >= 0.6 is 0 Å². The third-order valence-electron chi connectivity index (χ3n) is 3.57. The van der Waals surface area contributed by atoms with Crippen molar-refractivity contribution >= 4 is 6.03 Å². The number of likely N-dealkylation sites (tertiary alicyclic amines) is 1. The SMILES string of the molecule is CC1CCCN(C(=O)N[C@@H]2CCCNC2)C1. The summed E-state index contributed by atoms with van der Waals surface area (Å²) >= 11 is 0. The van der Waals surface area contributed by atoms with E-state index < -0.39 is 0 Å². The lowest BCUT2D eigenvalue weighted by Gasteiger charge is -2.33. The number of nitrogens with one attached hydrogen (secondary N) is 2. The van der Waals surface area contributed by atoms with Crippen LogP contribution in [0.15, 0.2) is 0 Å². The van der Waals surface area contributed by atoms with Gasteiger partial charge in [-0.3, -0.25) is 0 Å². The van der Waals surface area contributed by atoms with Crippen LogP contribution in [0.5, 0.6) is 0 Å². The van der Waals surface area contributed by atoms with Gasteiger partial charge in [-0.1, -0.05) is 6.92 Å². The predicted molar refractivity (Wildman–Crippen MR) is 64.4 cm³/mol. The van der Waals surface area contributed by atoms with Crippen molar-refractivity contribution in [2.24, 2.45) is 5.92 Å². The quantitative estimate of drug-likeness (QED) is 0.704. The molecular weight excluding hydrogens is 202 g/mol. The van der Waals surface area contributed by atoms with Crippen LogP contribution < -0.4 is 10.6 Å². The highest BCUT2D eigenvalue weighted by atomic mass is 16.2. The van der Waals surface area contributed by atoms with Crippen LogP contribution in [0.2, 0.25) is 0 Å². The first-order valence-electron chi connectivity index (χ1n) is 6.52. The van der Waals surface area contributed by atoms with E-state index in [1.165, 1.54) is 12.8 Å². The minimum Gasteiger partial charge on any atom is -0.334 e. The summed E-state index contributed by atoms with van der Waals surface area (Å²) in [7, 11) is 0. The van der Waals surface area contributed by atoms with E-state index in [0.717, 1.165) is 39.0 Å². The first kappa shape index (κ1) is 11.7. The average molecular weight is 225 g/mol. The van der Waals surface area contributed by atoms with E-state index in [-0.39, 0.29) is 6.03 Å². The van der Waals surface area contributed by atoms with Crippen LogP contribution in [0.25, 0.3) is 0 Å². The van der Waals surface area contributed by atoms with Crippen molar-refractivity contribution < 1.29 is 4.79 Å². The van der Waals surface area contributed by atoms with E-state index in [2.05, 4.69) is 17.6 Å². The van der Waals surface area contributed by atoms with E-state index in [9.17, 15) is 4.79 Å². The summed E-state index contributed by atoms with van der Waals surface area (Å²) in [6.45, 7) is 6.09. The maximum atomic E-state index is 12.0. The molecule has 92 valence electrons. The largest absolute Gasteiger partial charge is 0.334 e. The van der Waals surface area contributed by atoms with Crippen molar-refractivity contribution in [3.05, 3.63) is 0 Å². The molecule has 0 bridgehead atoms. The number of piperidine rings is 2. The zero-order valence-electron chi connectivity index (χ0n) is 10.2. The van der Waals surface area contributed by atoms with Crippen molar-refractivity contribution in [3.8, 4) is 0 Å². The second kappa shape index (κ2) is 5.53. The topological polar surface area (TPSA) is 44.4 Å². The summed E-state index contributed by atoms with van der Waals surface area (Å²) in [6, 6.07) is 0.471. The van der Waals surface area contributed by atoms with Crippen molar-refractivity contribution in [2.45, 2.75) is 38.6 Å². The molecule has 2 atom stereocenters. The van der Waals surface area contributed by atoms with Crippen molar-refractivity contribution in [2.75, 3.05) is 26.2 Å². The molecule has 16 heavy (non-hydrogen) atoms. The molecule has 1 unspecified atom stereocenters. The van der Waals surface area contributed by atoms with Gasteiger partial charge in [0.2, 0.25) is 0 Å². The summed E-state index contributed by atoms with van der Waals surface area (Å²) in [5, 5.41) is 6.45. The molecule has 2 aliphatic rings. The van der Waals surface area contributed by atoms with Crippen molar-refractivity contribution in [3.63, 3.8) is 0 Å². The molecule has 2 fully saturated rings. The monoisotopic (exact) mass is 225 g/mol. The van der Waals surface area contributed by atoms with Gasteiger partial charge in [-0.05, 0) is 38.1 Å². The van der Waals surface area contributed by atoms with E-state index in [4.69, 9.17) is 0 Å². The van der Waals surface area contributed by atoms with Crippen LogP contribution in [-0.4, -0.2) is 43.2 Å². The molecule has 4 heteroatoms. The van der Waals surface area contributed by atoms with Crippen LogP contribution in [0.4, 0.5) is 4.79 Å². The molecule has 4 nitrogen and oxygen atoms in total. The Morgan fingerprint density at radius 3 is 2.94 bits per heavy atom. The number of urea groups is 1. The van der Waals surface area contributed by atoms with E-state index in [0.29, 0.717) is 12.0 Å². The molecular formula is C12H23N3O. The third kappa shape index (κ3) is 3.11. The van der Waals surface area contributed by atoms with Gasteiger partial charge in [0, 0.05) is 25.7 Å². The lowest BCUT2D eigenvalue weighted by atomic mass is 10.0. The summed E-state index contributed by atoms with van der Waals surface area (Å²) in [4.78, 5) is 14.0. The number of carbonyl (C=O) groups is 1. The Morgan fingerprint density at radius 2 is 2.25 bits per heavy atom. The Morgan fingerprint density at radius 1 is 1.38 bits per heavy atom. The number of rotatable bonds is 1. The standard InChI is InChI=1S/C12H23N3O/c1-10-4-3-7-15(9-10)12(16)14-11-5-2-6-13-8-11/h10-11,13H,2-9H2,1H3,(H,14,16)/t10?,11-/m1/s1. The molecule has 0 aromatic heterocycles. The highest BCUT2D eigenvalue weighted by Gasteiger charge is 2.23. The highest BCUT2D eigenvalue weighted by Crippen LogP contribution is 2.15. The smallest absolute Gasteiger partial charge is 0.317 e. The maximum Gasteiger partial charge on any atom is 0.317 e. The van der Waals surface area contributed by atoms with Gasteiger partial charge in [0.15, 0.2) is 0 Å². The molecule has 2 rings (SSSR count). The summed E-state index contributed by atoms with van der Waals surface area (Å²) in [5.41, 5.74) is 0. The minimum absolute atomic E-state index is 0.139. The Kier molecular flexibility index (Phi) is 4.04. The van der Waals surface area contributed by atoms with E-state index in [1.54, 1.807) is 0 Å². The molecule has 0 aromatic carbocycles. The van der Waals surface area contributed by atoms with Crippen LogP contribution in [0, 0.1) is 5.92 Å². The Balaban J connectivity index is 1.77. The highest BCUT2D eigenvalue weighted by molar-refractivity contribution is 5.74. The van der Waals surface area contributed by atoms with Gasteiger partial charge in [0.05, 0.1) is 0 Å². The normalized spacial score (nSPS) is 31.2. The number of carbonyl (C=O) groups excluding carboxylic acids is 1. The maximum absolute atomic E-state index is 12.0. The summed E-state index contributed by atoms with van der Waals surface area (Å²) < 4.78 is 0. The van der Waals surface area contributed by atoms with Crippen molar-refractivity contribution in [1.29, 1.82) is 0 Å². The van der Waals surface area contributed by atoms with E-state index in [1.807, 2.05) is 4.90 Å². The van der Waals surface area contributed by atoms with Gasteiger partial charge >= 0.3 is 6.03 Å². The van der Waals surface area contributed by atoms with Gasteiger partial charge in [-0.25, -0.2) is 4.79 Å². The summed E-state index contributed by atoms with van der Waals surface area (Å²) in [5.74, 6) is 0.656. The third-order valence-corrected chi connectivity index (χ3v) is 3.57. The Hall–Kier alpha value is -0.770. The van der Waals surface area contributed by atoms with Gasteiger partial charge in [-0.15, -0.1) is 0 Å². The van der Waals surface area contributed by atoms with E-state index >= 15 is 0 Å². The number of hydrogen-bond donors (Lipinski definition) is 2. The molecule has 0 aromatic rings. The molecule has 2 heterocycles. The fourth-order valence-electron chi connectivity index (χ4n) is 2.61. The van der Waals surface area contributed by atoms with Gasteiger partial charge in [0.1, 0.15) is 0 Å². The second-order valence-corrected chi connectivity index (χ2v) is 5.19. The molecule has 0 saturated carbocycles. The molecule has 2 amide bonds. The zero-order chi connectivity index (χ0) is 11.4. The molecule has 2 N–H and O–H groups in total. The zero-order valence-corrected chi connectivity index (χ0v) is 10.2. The minimum atomic E-state index is 0.139. The molecule has 2 saturated heterocycles. The average Bonchev–Trinajstić information content (AvgIpc) is 2.30. The summed E-state index contributed by atoms with van der Waals surface area (Å²) in [6.07, 6.45) is 4.69. The van der Waals surface area contributed by atoms with Crippen molar-refractivity contribution in [1.82, 2.24) is 15.5 Å². The van der Waals surface area contributed by atoms with Crippen LogP contribution in [0.3, 0.4) is 0 Å². The van der Waals surface area contributed by atoms with Crippen LogP contribution in [-0.2, 0) is 0 Å². The second-order valence-electron chi connectivity index (χ2n) is 5.19. The molecule has 0 aliphatic carbocycles. The lowest BCUT2D eigenvalue weighted by molar-refractivity contribution is 0.164. The fraction of sp³-hybridized carbons (Fsp3) is 0.917. The Labute approximate surface area is 97.8 Å². The fourth-order valence-corrected chi connectivity index (χ4v) is 2.61. The first-order chi connectivity index (χ1) is 7.75. The number of hydrogen-bond acceptors (Lipinski definition) is 2.